The van der Waals surface area contributed by atoms with E-state index in [0.29, 0.717) is 0 Å². The van der Waals surface area contributed by atoms with Crippen molar-refractivity contribution in [3.63, 3.8) is 0 Å². The zero-order valence-electron chi connectivity index (χ0n) is 9.48. The SMILES string of the molecule is C=Cc1c(-c2ccccc2)[nH]c2ccccc12. The summed E-state index contributed by atoms with van der Waals surface area (Å²) in [5, 5.41) is 1.22. The summed E-state index contributed by atoms with van der Waals surface area (Å²) in [6.45, 7) is 3.92. The Morgan fingerprint density at radius 1 is 0.882 bits per heavy atom. The topological polar surface area (TPSA) is 15.8 Å². The van der Waals surface area contributed by atoms with Gasteiger partial charge in [-0.1, -0.05) is 61.2 Å². The quantitative estimate of drug-likeness (QED) is 0.654. The molecule has 0 spiro atoms. The molecule has 0 fully saturated rings. The molecule has 0 aliphatic rings. The third-order valence-corrected chi connectivity index (χ3v) is 3.01. The van der Waals surface area contributed by atoms with Crippen LogP contribution in [0.4, 0.5) is 0 Å². The number of fused-ring (bicyclic) bond motifs is 1. The second kappa shape index (κ2) is 3.95. The molecule has 1 heteroatoms. The van der Waals surface area contributed by atoms with Gasteiger partial charge in [-0.3, -0.25) is 0 Å². The molecule has 0 radical (unpaired) electrons. The van der Waals surface area contributed by atoms with Crippen molar-refractivity contribution in [1.29, 1.82) is 0 Å². The zero-order chi connectivity index (χ0) is 11.7. The highest BCUT2D eigenvalue weighted by atomic mass is 14.7. The lowest BCUT2D eigenvalue weighted by molar-refractivity contribution is 1.45. The van der Waals surface area contributed by atoms with Crippen molar-refractivity contribution in [2.75, 3.05) is 0 Å². The van der Waals surface area contributed by atoms with Gasteiger partial charge in [0.2, 0.25) is 0 Å². The smallest absolute Gasteiger partial charge is 0.0538 e. The van der Waals surface area contributed by atoms with Crippen molar-refractivity contribution >= 4 is 17.0 Å². The molecule has 17 heavy (non-hydrogen) atoms. The van der Waals surface area contributed by atoms with Gasteiger partial charge < -0.3 is 4.98 Å². The van der Waals surface area contributed by atoms with E-state index in [1.807, 2.05) is 30.3 Å². The maximum absolute atomic E-state index is 3.92. The van der Waals surface area contributed by atoms with Crippen LogP contribution in [0.1, 0.15) is 5.56 Å². The van der Waals surface area contributed by atoms with Crippen LogP contribution in [0.3, 0.4) is 0 Å². The average Bonchev–Trinajstić information content (AvgIpc) is 2.78. The molecule has 1 heterocycles. The summed E-state index contributed by atoms with van der Waals surface area (Å²) >= 11 is 0. The second-order valence-electron chi connectivity index (χ2n) is 4.03. The minimum absolute atomic E-state index is 1.14. The van der Waals surface area contributed by atoms with Crippen molar-refractivity contribution in [2.45, 2.75) is 0 Å². The highest BCUT2D eigenvalue weighted by molar-refractivity contribution is 5.96. The van der Waals surface area contributed by atoms with E-state index < -0.39 is 0 Å². The Labute approximate surface area is 100 Å². The van der Waals surface area contributed by atoms with Crippen LogP contribution < -0.4 is 0 Å². The summed E-state index contributed by atoms with van der Waals surface area (Å²) in [6.07, 6.45) is 1.92. The summed E-state index contributed by atoms with van der Waals surface area (Å²) < 4.78 is 0. The van der Waals surface area contributed by atoms with E-state index in [1.165, 1.54) is 16.5 Å². The minimum atomic E-state index is 1.14. The summed E-state index contributed by atoms with van der Waals surface area (Å²) in [7, 11) is 0. The predicted octanol–water partition coefficient (Wildman–Crippen LogP) is 4.48. The standard InChI is InChI=1S/C16H13N/c1-2-13-14-10-6-7-11-15(14)17-16(13)12-8-4-3-5-9-12/h2-11,17H,1H2. The highest BCUT2D eigenvalue weighted by Gasteiger charge is 2.09. The number of para-hydroxylation sites is 1. The number of hydrogen-bond donors (Lipinski definition) is 1. The molecule has 0 saturated heterocycles. The van der Waals surface area contributed by atoms with Gasteiger partial charge in [0.1, 0.15) is 0 Å². The number of aromatic amines is 1. The monoisotopic (exact) mass is 219 g/mol. The number of benzene rings is 2. The molecule has 3 aromatic rings. The number of aromatic nitrogens is 1. The first-order chi connectivity index (χ1) is 8.40. The summed E-state index contributed by atoms with van der Waals surface area (Å²) in [4.78, 5) is 3.46. The van der Waals surface area contributed by atoms with Gasteiger partial charge in [0.05, 0.1) is 5.69 Å². The van der Waals surface area contributed by atoms with Crippen LogP contribution in [-0.2, 0) is 0 Å². The fourth-order valence-electron chi connectivity index (χ4n) is 2.21. The molecule has 3 rings (SSSR count). The molecule has 0 aliphatic carbocycles. The van der Waals surface area contributed by atoms with Crippen LogP contribution in [0.5, 0.6) is 0 Å². The maximum atomic E-state index is 3.92. The molecule has 0 aliphatic heterocycles. The van der Waals surface area contributed by atoms with E-state index in [2.05, 4.69) is 41.9 Å². The third-order valence-electron chi connectivity index (χ3n) is 3.01. The number of hydrogen-bond acceptors (Lipinski definition) is 0. The lowest BCUT2D eigenvalue weighted by Gasteiger charge is -1.99. The van der Waals surface area contributed by atoms with Crippen LogP contribution >= 0.6 is 0 Å². The molecule has 82 valence electrons. The van der Waals surface area contributed by atoms with Gasteiger partial charge in [-0.25, -0.2) is 0 Å². The molecular formula is C16H13N. The van der Waals surface area contributed by atoms with Crippen LogP contribution in [0.2, 0.25) is 0 Å². The van der Waals surface area contributed by atoms with E-state index in [1.54, 1.807) is 0 Å². The summed E-state index contributed by atoms with van der Waals surface area (Å²) in [5.41, 5.74) is 4.66. The first kappa shape index (κ1) is 9.91. The summed E-state index contributed by atoms with van der Waals surface area (Å²) in [5.74, 6) is 0. The molecular weight excluding hydrogens is 206 g/mol. The maximum Gasteiger partial charge on any atom is 0.0538 e. The average molecular weight is 219 g/mol. The van der Waals surface area contributed by atoms with Crippen LogP contribution in [0.15, 0.2) is 61.2 Å². The van der Waals surface area contributed by atoms with Crippen molar-refractivity contribution in [3.05, 3.63) is 66.7 Å². The van der Waals surface area contributed by atoms with Gasteiger partial charge >= 0.3 is 0 Å². The highest BCUT2D eigenvalue weighted by Crippen LogP contribution is 2.30. The van der Waals surface area contributed by atoms with E-state index in [-0.39, 0.29) is 0 Å². The van der Waals surface area contributed by atoms with Crippen LogP contribution in [-0.4, -0.2) is 4.98 Å². The predicted molar refractivity (Wildman–Crippen MR) is 73.8 cm³/mol. The Morgan fingerprint density at radius 2 is 1.59 bits per heavy atom. The minimum Gasteiger partial charge on any atom is -0.354 e. The van der Waals surface area contributed by atoms with Gasteiger partial charge in [0.15, 0.2) is 0 Å². The molecule has 0 saturated carbocycles. The number of rotatable bonds is 2. The molecule has 0 unspecified atom stereocenters. The first-order valence-electron chi connectivity index (χ1n) is 5.68. The van der Waals surface area contributed by atoms with E-state index in [9.17, 15) is 0 Å². The summed E-state index contributed by atoms with van der Waals surface area (Å²) in [6, 6.07) is 18.7. The zero-order valence-corrected chi connectivity index (χ0v) is 9.48. The Bertz CT molecular complexity index is 662. The lowest BCUT2D eigenvalue weighted by Crippen LogP contribution is -1.79. The second-order valence-corrected chi connectivity index (χ2v) is 4.03. The van der Waals surface area contributed by atoms with E-state index in [4.69, 9.17) is 0 Å². The Hall–Kier alpha value is -2.28. The van der Waals surface area contributed by atoms with Gasteiger partial charge in [-0.05, 0) is 11.6 Å². The number of nitrogens with one attached hydrogen (secondary N) is 1. The fourth-order valence-corrected chi connectivity index (χ4v) is 2.21. The normalized spacial score (nSPS) is 10.6. The molecule has 0 atom stereocenters. The Morgan fingerprint density at radius 3 is 2.35 bits per heavy atom. The Balaban J connectivity index is 2.33. The fraction of sp³-hybridized carbons (Fsp3) is 0. The first-order valence-corrected chi connectivity index (χ1v) is 5.68. The molecule has 1 nitrogen and oxygen atoms in total. The molecule has 2 aromatic carbocycles. The van der Waals surface area contributed by atoms with Crippen LogP contribution in [0.25, 0.3) is 28.2 Å². The van der Waals surface area contributed by atoms with Crippen molar-refractivity contribution in [2.24, 2.45) is 0 Å². The largest absolute Gasteiger partial charge is 0.354 e. The number of H-pyrrole nitrogens is 1. The molecule has 0 amide bonds. The van der Waals surface area contributed by atoms with E-state index >= 15 is 0 Å². The Kier molecular flexibility index (Phi) is 2.30. The van der Waals surface area contributed by atoms with Gasteiger partial charge in [-0.15, -0.1) is 0 Å². The van der Waals surface area contributed by atoms with Crippen molar-refractivity contribution in [1.82, 2.24) is 4.98 Å². The lowest BCUT2D eigenvalue weighted by atomic mass is 10.1. The van der Waals surface area contributed by atoms with Gasteiger partial charge in [0, 0.05) is 16.5 Å². The van der Waals surface area contributed by atoms with Gasteiger partial charge in [0.25, 0.3) is 0 Å². The van der Waals surface area contributed by atoms with Gasteiger partial charge in [-0.2, -0.15) is 0 Å². The molecule has 1 N–H and O–H groups in total. The molecule has 0 bridgehead atoms. The van der Waals surface area contributed by atoms with Crippen molar-refractivity contribution in [3.8, 4) is 11.3 Å². The molecule has 1 aromatic heterocycles. The van der Waals surface area contributed by atoms with Crippen molar-refractivity contribution < 1.29 is 0 Å². The third kappa shape index (κ3) is 1.56. The van der Waals surface area contributed by atoms with Crippen LogP contribution in [0, 0.1) is 0 Å². The van der Waals surface area contributed by atoms with E-state index in [0.717, 1.165) is 11.2 Å².